The van der Waals surface area contributed by atoms with Gasteiger partial charge in [-0.1, -0.05) is 24.3 Å². The van der Waals surface area contributed by atoms with Crippen molar-refractivity contribution in [2.24, 2.45) is 0 Å². The number of fused-ring (bicyclic) bond motifs is 1. The molecule has 1 atom stereocenters. The molecule has 1 aromatic carbocycles. The summed E-state index contributed by atoms with van der Waals surface area (Å²) in [5.41, 5.74) is 4.74. The Labute approximate surface area is 152 Å². The molecule has 0 saturated carbocycles. The van der Waals surface area contributed by atoms with E-state index in [1.807, 2.05) is 48.0 Å². The summed E-state index contributed by atoms with van der Waals surface area (Å²) in [6, 6.07) is 13.6. The van der Waals surface area contributed by atoms with Crippen molar-refractivity contribution in [3.8, 4) is 5.69 Å². The molecule has 2 aromatic heterocycles. The quantitative estimate of drug-likeness (QED) is 0.757. The van der Waals surface area contributed by atoms with Crippen LogP contribution in [-0.2, 0) is 6.42 Å². The summed E-state index contributed by atoms with van der Waals surface area (Å²) in [4.78, 5) is 17.0. The number of urea groups is 1. The number of aryl methyl sites for hydroxylation is 1. The number of hydrogen-bond donors (Lipinski definition) is 2. The summed E-state index contributed by atoms with van der Waals surface area (Å²) < 4.78 is 1.81. The topological polar surface area (TPSA) is 71.8 Å². The second kappa shape index (κ2) is 7.00. The highest BCUT2D eigenvalue weighted by molar-refractivity contribution is 5.90. The highest BCUT2D eigenvalue weighted by atomic mass is 16.2. The van der Waals surface area contributed by atoms with E-state index in [-0.39, 0.29) is 12.1 Å². The zero-order chi connectivity index (χ0) is 17.9. The minimum absolute atomic E-state index is 0.0515. The van der Waals surface area contributed by atoms with Gasteiger partial charge in [0.15, 0.2) is 0 Å². The fraction of sp³-hybridized carbons (Fsp3) is 0.250. The highest BCUT2D eigenvalue weighted by Crippen LogP contribution is 2.27. The third-order valence-electron chi connectivity index (χ3n) is 4.76. The number of aromatic nitrogens is 3. The molecular formula is C20H21N5O. The van der Waals surface area contributed by atoms with Crippen molar-refractivity contribution in [2.45, 2.75) is 32.2 Å². The van der Waals surface area contributed by atoms with Crippen LogP contribution in [-0.4, -0.2) is 20.8 Å². The largest absolute Gasteiger partial charge is 0.329 e. The first-order valence-electron chi connectivity index (χ1n) is 8.84. The lowest BCUT2D eigenvalue weighted by Gasteiger charge is -2.25. The average molecular weight is 347 g/mol. The lowest BCUT2D eigenvalue weighted by Crippen LogP contribution is -2.35. The van der Waals surface area contributed by atoms with E-state index >= 15 is 0 Å². The van der Waals surface area contributed by atoms with Gasteiger partial charge in [-0.05, 0) is 49.9 Å². The van der Waals surface area contributed by atoms with Gasteiger partial charge in [0, 0.05) is 6.20 Å². The van der Waals surface area contributed by atoms with Gasteiger partial charge in [0.05, 0.1) is 35.0 Å². The van der Waals surface area contributed by atoms with Crippen LogP contribution in [0.4, 0.5) is 10.5 Å². The fourth-order valence-electron chi connectivity index (χ4n) is 3.43. The van der Waals surface area contributed by atoms with Crippen LogP contribution in [0.1, 0.15) is 35.8 Å². The number of carbonyl (C=O) groups excluding carboxylic acids is 1. The van der Waals surface area contributed by atoms with Gasteiger partial charge in [-0.2, -0.15) is 5.10 Å². The van der Waals surface area contributed by atoms with Crippen LogP contribution < -0.4 is 10.6 Å². The zero-order valence-electron chi connectivity index (χ0n) is 14.6. The van der Waals surface area contributed by atoms with Gasteiger partial charge in [0.2, 0.25) is 0 Å². The third kappa shape index (κ3) is 3.18. The smallest absolute Gasteiger partial charge is 0.319 e. The molecule has 132 valence electrons. The molecule has 6 heteroatoms. The van der Waals surface area contributed by atoms with Gasteiger partial charge in [-0.15, -0.1) is 0 Å². The molecule has 0 bridgehead atoms. The molecule has 2 amide bonds. The van der Waals surface area contributed by atoms with Gasteiger partial charge in [0.25, 0.3) is 0 Å². The molecule has 6 nitrogen and oxygen atoms in total. The molecule has 3 aromatic rings. The lowest BCUT2D eigenvalue weighted by molar-refractivity contribution is 0.246. The van der Waals surface area contributed by atoms with Crippen LogP contribution in [0.15, 0.2) is 54.9 Å². The number of nitrogens with one attached hydrogen (secondary N) is 2. The van der Waals surface area contributed by atoms with Gasteiger partial charge >= 0.3 is 6.03 Å². The molecule has 0 spiro atoms. The van der Waals surface area contributed by atoms with Gasteiger partial charge in [-0.25, -0.2) is 9.48 Å². The Bertz CT molecular complexity index is 919. The first-order chi connectivity index (χ1) is 12.7. The molecule has 2 heterocycles. The Morgan fingerprint density at radius 3 is 2.88 bits per heavy atom. The van der Waals surface area contributed by atoms with Crippen LogP contribution in [0.5, 0.6) is 0 Å². The summed E-state index contributed by atoms with van der Waals surface area (Å²) in [5, 5.41) is 10.4. The maximum atomic E-state index is 12.5. The minimum atomic E-state index is -0.232. The molecule has 4 rings (SSSR count). The normalized spacial score (nSPS) is 16.0. The Hall–Kier alpha value is -3.15. The van der Waals surface area contributed by atoms with E-state index in [0.29, 0.717) is 5.69 Å². The summed E-state index contributed by atoms with van der Waals surface area (Å²) >= 11 is 0. The van der Waals surface area contributed by atoms with E-state index < -0.39 is 0 Å². The van der Waals surface area contributed by atoms with Crippen molar-refractivity contribution in [1.29, 1.82) is 0 Å². The maximum Gasteiger partial charge on any atom is 0.319 e. The van der Waals surface area contributed by atoms with Gasteiger partial charge in [-0.3, -0.25) is 4.98 Å². The molecule has 26 heavy (non-hydrogen) atoms. The first-order valence-corrected chi connectivity index (χ1v) is 8.84. The van der Waals surface area contributed by atoms with Gasteiger partial charge in [0.1, 0.15) is 0 Å². The van der Waals surface area contributed by atoms with E-state index in [4.69, 9.17) is 0 Å². The predicted molar refractivity (Wildman–Crippen MR) is 100 cm³/mol. The van der Waals surface area contributed by atoms with Crippen LogP contribution >= 0.6 is 0 Å². The minimum Gasteiger partial charge on any atom is -0.329 e. The number of rotatable bonds is 3. The monoisotopic (exact) mass is 347 g/mol. The van der Waals surface area contributed by atoms with E-state index in [2.05, 4.69) is 26.8 Å². The van der Waals surface area contributed by atoms with Crippen molar-refractivity contribution < 1.29 is 4.79 Å². The second-order valence-electron chi connectivity index (χ2n) is 6.48. The van der Waals surface area contributed by atoms with Crippen molar-refractivity contribution in [3.05, 3.63) is 71.8 Å². The molecular weight excluding hydrogens is 326 g/mol. The number of carbonyl (C=O) groups is 1. The molecule has 0 aliphatic heterocycles. The van der Waals surface area contributed by atoms with E-state index in [0.717, 1.165) is 36.3 Å². The van der Waals surface area contributed by atoms with Crippen molar-refractivity contribution in [1.82, 2.24) is 20.1 Å². The van der Waals surface area contributed by atoms with Crippen LogP contribution in [0.3, 0.4) is 0 Å². The molecule has 0 fully saturated rings. The summed E-state index contributed by atoms with van der Waals surface area (Å²) in [6.07, 6.45) is 6.43. The van der Waals surface area contributed by atoms with Crippen molar-refractivity contribution in [3.63, 3.8) is 0 Å². The Morgan fingerprint density at radius 2 is 2.04 bits per heavy atom. The number of amides is 2. The molecule has 0 radical (unpaired) electrons. The average Bonchev–Trinajstić information content (AvgIpc) is 3.03. The first kappa shape index (κ1) is 16.3. The lowest BCUT2D eigenvalue weighted by atomic mass is 9.92. The number of nitrogens with zero attached hydrogens (tertiary/aromatic N) is 3. The zero-order valence-corrected chi connectivity index (χ0v) is 14.6. The number of benzene rings is 1. The number of para-hydroxylation sites is 1. The van der Waals surface area contributed by atoms with Gasteiger partial charge < -0.3 is 10.6 Å². The maximum absolute atomic E-state index is 12.5. The van der Waals surface area contributed by atoms with Crippen LogP contribution in [0.25, 0.3) is 5.69 Å². The molecule has 2 N–H and O–H groups in total. The molecule has 1 aliphatic carbocycles. The van der Waals surface area contributed by atoms with E-state index in [1.54, 1.807) is 12.4 Å². The molecule has 1 aliphatic rings. The van der Waals surface area contributed by atoms with E-state index in [9.17, 15) is 4.79 Å². The Kier molecular flexibility index (Phi) is 4.39. The van der Waals surface area contributed by atoms with E-state index in [1.165, 1.54) is 5.56 Å². The van der Waals surface area contributed by atoms with Crippen LogP contribution in [0.2, 0.25) is 0 Å². The number of anilines is 1. The number of hydrogen-bond acceptors (Lipinski definition) is 3. The highest BCUT2D eigenvalue weighted by Gasteiger charge is 2.23. The Balaban J connectivity index is 1.47. The van der Waals surface area contributed by atoms with Crippen molar-refractivity contribution in [2.75, 3.05) is 5.32 Å². The molecule has 0 unspecified atom stereocenters. The number of pyridine rings is 1. The predicted octanol–water partition coefficient (Wildman–Crippen LogP) is 3.77. The van der Waals surface area contributed by atoms with Crippen LogP contribution in [0, 0.1) is 6.92 Å². The summed E-state index contributed by atoms with van der Waals surface area (Å²) in [6.45, 7) is 1.94. The third-order valence-corrected chi connectivity index (χ3v) is 4.76. The summed E-state index contributed by atoms with van der Waals surface area (Å²) in [7, 11) is 0. The fourth-order valence-corrected chi connectivity index (χ4v) is 3.43. The molecule has 0 saturated heterocycles. The Morgan fingerprint density at radius 1 is 1.19 bits per heavy atom. The second-order valence-corrected chi connectivity index (χ2v) is 6.48. The standard InChI is InChI=1S/C20H21N5O/c1-14-18(13-22-25(14)16-9-3-2-4-10-16)24-20(26)23-17-11-5-7-15-8-6-12-21-19(15)17/h2-4,6,8-10,12-13,17H,5,7,11H2,1H3,(H2,23,24,26)/t17-/m0/s1. The van der Waals surface area contributed by atoms with Crippen molar-refractivity contribution >= 4 is 11.7 Å². The SMILES string of the molecule is Cc1c(NC(=O)N[C@H]2CCCc3cccnc32)cnn1-c1ccccc1. The summed E-state index contributed by atoms with van der Waals surface area (Å²) in [5.74, 6) is 0.